The van der Waals surface area contributed by atoms with Gasteiger partial charge >= 0.3 is 11.9 Å². The Bertz CT molecular complexity index is 821. The monoisotopic (exact) mass is 408 g/mol. The Labute approximate surface area is 180 Å². The quantitative estimate of drug-likeness (QED) is 0.410. The highest BCUT2D eigenvalue weighted by Crippen LogP contribution is 2.09. The third-order valence-electron chi connectivity index (χ3n) is 3.92. The fourth-order valence-corrected chi connectivity index (χ4v) is 2.68. The highest BCUT2D eigenvalue weighted by Gasteiger charge is 2.02. The molecule has 0 atom stereocenters. The molecule has 2 rings (SSSR count). The first-order valence-electron chi connectivity index (χ1n) is 10.2. The highest BCUT2D eigenvalue weighted by molar-refractivity contribution is 5.82. The molecule has 4 heteroatoms. The number of esters is 2. The molecule has 0 radical (unpaired) electrons. The maximum atomic E-state index is 11.2. The molecule has 0 saturated carbocycles. The topological polar surface area (TPSA) is 52.6 Å². The highest BCUT2D eigenvalue weighted by atomic mass is 16.5. The fraction of sp³-hybridized carbons (Fsp3) is 0.308. The summed E-state index contributed by atoms with van der Waals surface area (Å²) in [6.07, 6.45) is 4.70. The summed E-state index contributed by atoms with van der Waals surface area (Å²) in [5.74, 6) is -0.423. The average molecular weight is 409 g/mol. The standard InChI is InChI=1S/2C13H16O2/c2*1-3-15-13(14)10-11(2)9-12-7-5-4-6-8-12/h4-8,10H,3,9H2,1-2H3;4-9H,3,10H2,1-2H3. The summed E-state index contributed by atoms with van der Waals surface area (Å²) in [5, 5.41) is 0. The van der Waals surface area contributed by atoms with E-state index in [9.17, 15) is 9.59 Å². The Kier molecular flexibility index (Phi) is 12.3. The number of allylic oxidation sites excluding steroid dienone is 1. The Hall–Kier alpha value is -3.14. The third kappa shape index (κ3) is 11.6. The minimum Gasteiger partial charge on any atom is -0.466 e. The summed E-state index contributed by atoms with van der Waals surface area (Å²) in [6, 6.07) is 20.0. The zero-order valence-electron chi connectivity index (χ0n) is 18.4. The Balaban J connectivity index is 0.000000300. The van der Waals surface area contributed by atoms with Crippen LogP contribution in [0.2, 0.25) is 0 Å². The van der Waals surface area contributed by atoms with E-state index in [4.69, 9.17) is 9.47 Å². The largest absolute Gasteiger partial charge is 0.466 e. The SMILES string of the molecule is CCOC(=O)C=C(C)Cc1ccccc1.CCOC(=O)CC(C)=Cc1ccccc1. The van der Waals surface area contributed by atoms with Crippen molar-refractivity contribution in [2.75, 3.05) is 13.2 Å². The molecule has 0 fully saturated rings. The van der Waals surface area contributed by atoms with Crippen molar-refractivity contribution in [1.29, 1.82) is 0 Å². The summed E-state index contributed by atoms with van der Waals surface area (Å²) in [4.78, 5) is 22.3. The van der Waals surface area contributed by atoms with E-state index in [2.05, 4.69) is 0 Å². The molecular weight excluding hydrogens is 376 g/mol. The minimum atomic E-state index is -0.258. The van der Waals surface area contributed by atoms with Crippen LogP contribution in [0.3, 0.4) is 0 Å². The summed E-state index contributed by atoms with van der Waals surface area (Å²) >= 11 is 0. The van der Waals surface area contributed by atoms with E-state index < -0.39 is 0 Å². The normalized spacial score (nSPS) is 11.2. The molecule has 0 aliphatic carbocycles. The minimum absolute atomic E-state index is 0.165. The van der Waals surface area contributed by atoms with E-state index in [0.717, 1.165) is 23.1 Å². The molecular formula is C26H32O4. The lowest BCUT2D eigenvalue weighted by Gasteiger charge is -2.02. The molecule has 0 spiro atoms. The van der Waals surface area contributed by atoms with Crippen LogP contribution in [0.25, 0.3) is 6.08 Å². The van der Waals surface area contributed by atoms with Crippen molar-refractivity contribution < 1.29 is 19.1 Å². The molecule has 160 valence electrons. The molecule has 0 aliphatic heterocycles. The molecule has 2 aromatic carbocycles. The van der Waals surface area contributed by atoms with E-state index >= 15 is 0 Å². The van der Waals surface area contributed by atoms with Crippen LogP contribution in [0.15, 0.2) is 77.9 Å². The van der Waals surface area contributed by atoms with Crippen LogP contribution >= 0.6 is 0 Å². The van der Waals surface area contributed by atoms with E-state index in [1.165, 1.54) is 5.56 Å². The predicted octanol–water partition coefficient (Wildman–Crippen LogP) is 5.78. The van der Waals surface area contributed by atoms with Gasteiger partial charge in [0.2, 0.25) is 0 Å². The van der Waals surface area contributed by atoms with Crippen molar-refractivity contribution in [3.63, 3.8) is 0 Å². The molecule has 2 aromatic rings. The van der Waals surface area contributed by atoms with Crippen LogP contribution in [0.1, 0.15) is 45.2 Å². The van der Waals surface area contributed by atoms with Gasteiger partial charge in [0.25, 0.3) is 0 Å². The summed E-state index contributed by atoms with van der Waals surface area (Å²) in [6.45, 7) is 8.35. The lowest BCUT2D eigenvalue weighted by atomic mass is 10.1. The zero-order valence-corrected chi connectivity index (χ0v) is 18.4. The van der Waals surface area contributed by atoms with Gasteiger partial charge in [0.1, 0.15) is 0 Å². The molecule has 0 amide bonds. The second kappa shape index (κ2) is 14.8. The van der Waals surface area contributed by atoms with Gasteiger partial charge in [-0.25, -0.2) is 4.79 Å². The Morgan fingerprint density at radius 3 is 1.93 bits per heavy atom. The van der Waals surface area contributed by atoms with Crippen molar-refractivity contribution in [3.8, 4) is 0 Å². The zero-order chi connectivity index (χ0) is 22.2. The smallest absolute Gasteiger partial charge is 0.330 e. The van der Waals surface area contributed by atoms with Crippen LogP contribution < -0.4 is 0 Å². The van der Waals surface area contributed by atoms with Gasteiger partial charge in [0.15, 0.2) is 0 Å². The van der Waals surface area contributed by atoms with E-state index in [1.807, 2.05) is 87.5 Å². The van der Waals surface area contributed by atoms with Gasteiger partial charge in [0, 0.05) is 6.08 Å². The van der Waals surface area contributed by atoms with Crippen LogP contribution in [-0.4, -0.2) is 25.2 Å². The maximum absolute atomic E-state index is 11.2. The molecule has 0 N–H and O–H groups in total. The fourth-order valence-electron chi connectivity index (χ4n) is 2.68. The Morgan fingerprint density at radius 2 is 1.37 bits per heavy atom. The first kappa shape index (κ1) is 24.9. The molecule has 0 bridgehead atoms. The van der Waals surface area contributed by atoms with Gasteiger partial charge in [0.05, 0.1) is 19.6 Å². The van der Waals surface area contributed by atoms with Crippen molar-refractivity contribution >= 4 is 18.0 Å². The van der Waals surface area contributed by atoms with Crippen molar-refractivity contribution in [2.24, 2.45) is 0 Å². The number of carbonyl (C=O) groups is 2. The lowest BCUT2D eigenvalue weighted by molar-refractivity contribution is -0.142. The van der Waals surface area contributed by atoms with Crippen molar-refractivity contribution in [3.05, 3.63) is 89.0 Å². The van der Waals surface area contributed by atoms with Gasteiger partial charge in [-0.3, -0.25) is 4.79 Å². The number of rotatable bonds is 8. The molecule has 0 aromatic heterocycles. The van der Waals surface area contributed by atoms with Gasteiger partial charge in [-0.2, -0.15) is 0 Å². The second-order valence-corrected chi connectivity index (χ2v) is 6.79. The predicted molar refractivity (Wildman–Crippen MR) is 122 cm³/mol. The van der Waals surface area contributed by atoms with Crippen LogP contribution in [0.4, 0.5) is 0 Å². The van der Waals surface area contributed by atoms with Crippen LogP contribution in [-0.2, 0) is 25.5 Å². The van der Waals surface area contributed by atoms with E-state index in [0.29, 0.717) is 19.6 Å². The second-order valence-electron chi connectivity index (χ2n) is 6.79. The summed E-state index contributed by atoms with van der Waals surface area (Å²) < 4.78 is 9.71. The van der Waals surface area contributed by atoms with Crippen molar-refractivity contribution in [2.45, 2.75) is 40.5 Å². The molecule has 0 aliphatic rings. The first-order valence-corrected chi connectivity index (χ1v) is 10.2. The number of benzene rings is 2. The van der Waals surface area contributed by atoms with Crippen LogP contribution in [0, 0.1) is 0 Å². The number of hydrogen-bond donors (Lipinski definition) is 0. The van der Waals surface area contributed by atoms with Gasteiger partial charge in [-0.1, -0.05) is 77.9 Å². The number of hydrogen-bond acceptors (Lipinski definition) is 4. The van der Waals surface area contributed by atoms with E-state index in [1.54, 1.807) is 13.0 Å². The maximum Gasteiger partial charge on any atom is 0.330 e. The molecule has 30 heavy (non-hydrogen) atoms. The summed E-state index contributed by atoms with van der Waals surface area (Å²) in [7, 11) is 0. The van der Waals surface area contributed by atoms with Gasteiger partial charge in [-0.05, 0) is 45.2 Å². The van der Waals surface area contributed by atoms with Crippen LogP contribution in [0.5, 0.6) is 0 Å². The molecule has 0 unspecified atom stereocenters. The summed E-state index contributed by atoms with van der Waals surface area (Å²) in [5.41, 5.74) is 4.34. The lowest BCUT2D eigenvalue weighted by Crippen LogP contribution is -2.03. The molecule has 0 saturated heterocycles. The average Bonchev–Trinajstić information content (AvgIpc) is 2.70. The van der Waals surface area contributed by atoms with Crippen molar-refractivity contribution in [1.82, 2.24) is 0 Å². The van der Waals surface area contributed by atoms with Gasteiger partial charge < -0.3 is 9.47 Å². The van der Waals surface area contributed by atoms with E-state index in [-0.39, 0.29) is 11.9 Å². The number of carbonyl (C=O) groups excluding carboxylic acids is 2. The molecule has 0 heterocycles. The number of ether oxygens (including phenoxy) is 2. The third-order valence-corrected chi connectivity index (χ3v) is 3.92. The Morgan fingerprint density at radius 1 is 0.800 bits per heavy atom. The first-order chi connectivity index (χ1) is 14.4. The molecule has 4 nitrogen and oxygen atoms in total. The van der Waals surface area contributed by atoms with Gasteiger partial charge in [-0.15, -0.1) is 0 Å².